The van der Waals surface area contributed by atoms with Crippen LogP contribution in [0.1, 0.15) is 19.3 Å². The van der Waals surface area contributed by atoms with Crippen molar-refractivity contribution in [3.8, 4) is 0 Å². The summed E-state index contributed by atoms with van der Waals surface area (Å²) in [6.07, 6.45) is 2.67. The third-order valence-electron chi connectivity index (χ3n) is 3.23. The van der Waals surface area contributed by atoms with Gasteiger partial charge >= 0.3 is 7.52 Å². The Kier molecular flexibility index (Phi) is 5.31. The second-order valence-electron chi connectivity index (χ2n) is 4.67. The molecule has 0 aromatic heterocycles. The maximum Gasteiger partial charge on any atom is 0.302 e. The molecule has 1 aliphatic rings. The van der Waals surface area contributed by atoms with Crippen LogP contribution in [0.2, 0.25) is 0 Å². The van der Waals surface area contributed by atoms with Gasteiger partial charge in [-0.05, 0) is 31.4 Å². The molecule has 0 spiro atoms. The molecule has 1 aromatic carbocycles. The van der Waals surface area contributed by atoms with Gasteiger partial charge in [-0.2, -0.15) is 0 Å². The highest BCUT2D eigenvalue weighted by molar-refractivity contribution is 7.64. The van der Waals surface area contributed by atoms with E-state index in [0.29, 0.717) is 18.5 Å². The maximum atomic E-state index is 13.2. The van der Waals surface area contributed by atoms with Crippen LogP contribution >= 0.6 is 7.52 Å². The van der Waals surface area contributed by atoms with Crippen LogP contribution in [0.25, 0.3) is 0 Å². The van der Waals surface area contributed by atoms with E-state index in [4.69, 9.17) is 9.73 Å². The molecule has 1 unspecified atom stereocenters. The van der Waals surface area contributed by atoms with Crippen LogP contribution in [0.4, 0.5) is 0 Å². The van der Waals surface area contributed by atoms with Gasteiger partial charge in [-0.25, -0.2) is 10.2 Å². The van der Waals surface area contributed by atoms with Gasteiger partial charge in [0.15, 0.2) is 0 Å². The molecule has 110 valence electrons. The van der Waals surface area contributed by atoms with Crippen molar-refractivity contribution in [2.24, 2.45) is 0 Å². The van der Waals surface area contributed by atoms with Crippen molar-refractivity contribution in [1.82, 2.24) is 10.2 Å². The summed E-state index contributed by atoms with van der Waals surface area (Å²) in [5, 5.41) is 9.25. The highest BCUT2D eigenvalue weighted by Gasteiger charge is 2.35. The quantitative estimate of drug-likeness (QED) is 0.502. The van der Waals surface area contributed by atoms with Gasteiger partial charge in [0, 0.05) is 6.54 Å². The zero-order valence-electron chi connectivity index (χ0n) is 11.2. The molecule has 1 fully saturated rings. The summed E-state index contributed by atoms with van der Waals surface area (Å²) >= 11 is 0. The van der Waals surface area contributed by atoms with Crippen molar-refractivity contribution in [2.75, 3.05) is 19.7 Å². The Hall–Kier alpha value is -1.20. The van der Waals surface area contributed by atoms with Crippen molar-refractivity contribution in [3.05, 3.63) is 30.3 Å². The summed E-state index contributed by atoms with van der Waals surface area (Å²) in [4.78, 5) is 11.4. The van der Waals surface area contributed by atoms with E-state index in [2.05, 4.69) is 0 Å². The molecule has 2 rings (SSSR count). The van der Waals surface area contributed by atoms with Crippen molar-refractivity contribution in [3.63, 3.8) is 0 Å². The summed E-state index contributed by atoms with van der Waals surface area (Å²) in [5.41, 5.74) is 1.58. The predicted molar refractivity (Wildman–Crippen MR) is 75.0 cm³/mol. The second-order valence-corrected chi connectivity index (χ2v) is 7.05. The lowest BCUT2D eigenvalue weighted by Crippen LogP contribution is -2.38. The van der Waals surface area contributed by atoms with Crippen molar-refractivity contribution in [2.45, 2.75) is 19.3 Å². The zero-order valence-corrected chi connectivity index (χ0v) is 12.1. The van der Waals surface area contributed by atoms with Gasteiger partial charge in [0.1, 0.15) is 0 Å². The van der Waals surface area contributed by atoms with Crippen LogP contribution in [0, 0.1) is 0 Å². The van der Waals surface area contributed by atoms with Gasteiger partial charge in [-0.15, -0.1) is 0 Å². The fourth-order valence-electron chi connectivity index (χ4n) is 2.20. The molecule has 20 heavy (non-hydrogen) atoms. The van der Waals surface area contributed by atoms with Crippen LogP contribution in [0.5, 0.6) is 0 Å². The Bertz CT molecular complexity index is 494. The molecule has 6 nitrogen and oxygen atoms in total. The van der Waals surface area contributed by atoms with Crippen molar-refractivity contribution >= 4 is 18.7 Å². The molecular formula is C13H19N2O4P. The van der Waals surface area contributed by atoms with Crippen LogP contribution in [0.3, 0.4) is 0 Å². The number of benzene rings is 1. The summed E-state index contributed by atoms with van der Waals surface area (Å²) in [6.45, 7) is 0.756. The minimum atomic E-state index is -3.25. The third-order valence-corrected chi connectivity index (χ3v) is 5.80. The number of rotatable bonds is 3. The predicted octanol–water partition coefficient (Wildman–Crippen LogP) is 1.51. The van der Waals surface area contributed by atoms with Gasteiger partial charge in [0.2, 0.25) is 0 Å². The molecule has 0 bridgehead atoms. The molecule has 1 atom stereocenters. The minimum Gasteiger partial charge on any atom is -0.314 e. The molecule has 7 heteroatoms. The van der Waals surface area contributed by atoms with E-state index in [-0.39, 0.29) is 6.54 Å². The molecule has 2 N–H and O–H groups in total. The first-order valence-corrected chi connectivity index (χ1v) is 8.23. The van der Waals surface area contributed by atoms with Crippen LogP contribution in [-0.4, -0.2) is 35.5 Å². The van der Waals surface area contributed by atoms with Crippen molar-refractivity contribution in [1.29, 1.82) is 0 Å². The molecule has 1 aliphatic heterocycles. The van der Waals surface area contributed by atoms with Gasteiger partial charge in [-0.3, -0.25) is 14.6 Å². The van der Waals surface area contributed by atoms with Crippen LogP contribution < -0.4 is 10.8 Å². The number of carbonyl (C=O) groups excluding carboxylic acids is 1. The number of hydrogen-bond donors (Lipinski definition) is 2. The zero-order chi connectivity index (χ0) is 14.4. The molecule has 1 aromatic rings. The number of nitrogens with zero attached hydrogens (tertiary/aromatic N) is 1. The Labute approximate surface area is 118 Å². The van der Waals surface area contributed by atoms with E-state index >= 15 is 0 Å². The van der Waals surface area contributed by atoms with E-state index in [9.17, 15) is 9.36 Å². The largest absolute Gasteiger partial charge is 0.314 e. The first kappa shape index (κ1) is 15.2. The van der Waals surface area contributed by atoms with Gasteiger partial charge in [-0.1, -0.05) is 18.2 Å². The average Bonchev–Trinajstić information content (AvgIpc) is 2.47. The molecular weight excluding hydrogens is 279 g/mol. The molecule has 0 radical (unpaired) electrons. The summed E-state index contributed by atoms with van der Waals surface area (Å²) in [5.74, 6) is -0.592. The number of hydrogen-bond acceptors (Lipinski definition) is 4. The van der Waals surface area contributed by atoms with E-state index < -0.39 is 13.4 Å². The van der Waals surface area contributed by atoms with E-state index in [1.54, 1.807) is 29.7 Å². The molecule has 1 heterocycles. The molecule has 0 aliphatic carbocycles. The fourth-order valence-corrected chi connectivity index (χ4v) is 4.49. The fraction of sp³-hybridized carbons (Fsp3) is 0.462. The number of amides is 1. The first-order chi connectivity index (χ1) is 9.66. The molecule has 1 saturated heterocycles. The SMILES string of the molecule is O=C(CN1CCCCCOP1(=O)c1ccccc1)NO. The van der Waals surface area contributed by atoms with E-state index in [0.717, 1.165) is 19.3 Å². The lowest BCUT2D eigenvalue weighted by Gasteiger charge is -2.32. The minimum absolute atomic E-state index is 0.150. The van der Waals surface area contributed by atoms with Crippen molar-refractivity contribution < 1.29 is 19.1 Å². The lowest BCUT2D eigenvalue weighted by molar-refractivity contribution is -0.129. The highest BCUT2D eigenvalue weighted by Crippen LogP contribution is 2.50. The Morgan fingerprint density at radius 1 is 1.30 bits per heavy atom. The smallest absolute Gasteiger partial charge is 0.302 e. The first-order valence-electron chi connectivity index (χ1n) is 6.65. The van der Waals surface area contributed by atoms with E-state index in [1.807, 2.05) is 6.07 Å². The van der Waals surface area contributed by atoms with Gasteiger partial charge in [0.05, 0.1) is 18.5 Å². The molecule has 0 saturated carbocycles. The number of hydroxylamine groups is 1. The van der Waals surface area contributed by atoms with Crippen LogP contribution in [-0.2, 0) is 13.9 Å². The standard InChI is InChI=1S/C13H19N2O4P/c16-13(14-17)11-15-9-5-2-6-10-19-20(15,18)12-7-3-1-4-8-12/h1,3-4,7-8,17H,2,5-6,9-11H2,(H,14,16). The highest BCUT2D eigenvalue weighted by atomic mass is 31.2. The summed E-state index contributed by atoms with van der Waals surface area (Å²) < 4.78 is 20.4. The average molecular weight is 298 g/mol. The topological polar surface area (TPSA) is 78.9 Å². The van der Waals surface area contributed by atoms with Gasteiger partial charge < -0.3 is 4.52 Å². The maximum absolute atomic E-state index is 13.2. The Morgan fingerprint density at radius 3 is 2.75 bits per heavy atom. The monoisotopic (exact) mass is 298 g/mol. The van der Waals surface area contributed by atoms with Crippen LogP contribution in [0.15, 0.2) is 30.3 Å². The lowest BCUT2D eigenvalue weighted by atomic mass is 10.2. The normalized spacial score (nSPS) is 24.6. The van der Waals surface area contributed by atoms with Gasteiger partial charge in [0.25, 0.3) is 5.91 Å². The summed E-state index contributed by atoms with van der Waals surface area (Å²) in [7, 11) is -3.25. The Balaban J connectivity index is 2.31. The second kappa shape index (κ2) is 6.99. The number of nitrogens with one attached hydrogen (secondary N) is 1. The third kappa shape index (κ3) is 3.46. The summed E-state index contributed by atoms with van der Waals surface area (Å²) in [6, 6.07) is 8.91. The Morgan fingerprint density at radius 2 is 2.05 bits per heavy atom. The molecule has 1 amide bonds. The number of carbonyl (C=O) groups is 1. The van der Waals surface area contributed by atoms with E-state index in [1.165, 1.54) is 4.67 Å².